The van der Waals surface area contributed by atoms with Gasteiger partial charge in [-0.2, -0.15) is 0 Å². The highest BCUT2D eigenvalue weighted by Crippen LogP contribution is 2.45. The lowest BCUT2D eigenvalue weighted by molar-refractivity contribution is -0.161. The summed E-state index contributed by atoms with van der Waals surface area (Å²) < 4.78 is 68.2. The third-order valence-corrected chi connectivity index (χ3v) is 18.4. The van der Waals surface area contributed by atoms with Crippen LogP contribution in [0, 0.1) is 11.8 Å². The predicted molar refractivity (Wildman–Crippen MR) is 363 cm³/mol. The average Bonchev–Trinajstić information content (AvgIpc) is 3.45. The van der Waals surface area contributed by atoms with Crippen LogP contribution in [-0.4, -0.2) is 96.7 Å². The zero-order valence-corrected chi connectivity index (χ0v) is 60.2. The second-order valence-electron chi connectivity index (χ2n) is 26.6. The Bertz CT molecular complexity index is 1750. The number of unbranched alkanes of at least 4 members (excludes halogenated alkanes) is 40. The fourth-order valence-corrected chi connectivity index (χ4v) is 12.3. The first-order valence-corrected chi connectivity index (χ1v) is 40.0. The number of carbonyl (C=O) groups is 4. The molecule has 0 aliphatic heterocycles. The highest BCUT2D eigenvalue weighted by Gasteiger charge is 2.30. The smallest absolute Gasteiger partial charge is 0.462 e. The van der Waals surface area contributed by atoms with Gasteiger partial charge in [-0.1, -0.05) is 311 Å². The second-order valence-corrected chi connectivity index (χ2v) is 29.5. The first kappa shape index (κ1) is 88.1. The molecule has 0 spiro atoms. The Labute approximate surface area is 549 Å². The van der Waals surface area contributed by atoms with Crippen molar-refractivity contribution in [3.63, 3.8) is 0 Å². The molecule has 0 saturated carbocycles. The van der Waals surface area contributed by atoms with Gasteiger partial charge in [-0.15, -0.1) is 0 Å². The molecule has 0 saturated heterocycles. The third kappa shape index (κ3) is 64.8. The molecule has 0 aliphatic rings. The molecule has 0 aromatic rings. The maximum absolute atomic E-state index is 13.0. The number of phosphoric acid groups is 2. The number of carbonyl (C=O) groups excluding carboxylic acids is 4. The van der Waals surface area contributed by atoms with Crippen molar-refractivity contribution in [2.45, 2.75) is 381 Å². The van der Waals surface area contributed by atoms with Gasteiger partial charge < -0.3 is 33.8 Å². The first-order valence-electron chi connectivity index (χ1n) is 37.0. The molecule has 0 rings (SSSR count). The molecule has 0 fully saturated rings. The predicted octanol–water partition coefficient (Wildman–Crippen LogP) is 20.4. The molecule has 0 heterocycles. The molecule has 2 unspecified atom stereocenters. The van der Waals surface area contributed by atoms with Crippen LogP contribution >= 0.6 is 15.6 Å². The molecule has 0 amide bonds. The minimum Gasteiger partial charge on any atom is -0.462 e. The van der Waals surface area contributed by atoms with Gasteiger partial charge in [0.25, 0.3) is 0 Å². The topological polar surface area (TPSA) is 237 Å². The largest absolute Gasteiger partial charge is 0.472 e. The molecule has 0 bridgehead atoms. The summed E-state index contributed by atoms with van der Waals surface area (Å²) in [6.45, 7) is 9.56. The molecule has 5 atom stereocenters. The maximum Gasteiger partial charge on any atom is 0.472 e. The number of hydrogen-bond acceptors (Lipinski definition) is 15. The van der Waals surface area contributed by atoms with Gasteiger partial charge in [0.05, 0.1) is 26.4 Å². The van der Waals surface area contributed by atoms with E-state index in [-0.39, 0.29) is 25.7 Å². The van der Waals surface area contributed by atoms with Crippen LogP contribution in [0.4, 0.5) is 0 Å². The molecule has 19 heteroatoms. The highest BCUT2D eigenvalue weighted by atomic mass is 31.2. The Morgan fingerprint density at radius 1 is 0.300 bits per heavy atom. The van der Waals surface area contributed by atoms with Crippen molar-refractivity contribution >= 4 is 39.5 Å². The number of aliphatic hydroxyl groups is 1. The summed E-state index contributed by atoms with van der Waals surface area (Å²) >= 11 is 0. The van der Waals surface area contributed by atoms with Crippen molar-refractivity contribution in [1.82, 2.24) is 0 Å². The van der Waals surface area contributed by atoms with Gasteiger partial charge in [-0.05, 0) is 37.5 Å². The van der Waals surface area contributed by atoms with E-state index in [2.05, 4.69) is 41.5 Å². The van der Waals surface area contributed by atoms with Gasteiger partial charge in [0.2, 0.25) is 0 Å². The molecule has 3 N–H and O–H groups in total. The normalized spacial score (nSPS) is 14.1. The molecule has 0 aromatic heterocycles. The summed E-state index contributed by atoms with van der Waals surface area (Å²) in [4.78, 5) is 72.5. The van der Waals surface area contributed by atoms with E-state index in [1.807, 2.05) is 0 Å². The molecule has 0 radical (unpaired) electrons. The van der Waals surface area contributed by atoms with Gasteiger partial charge in [0.1, 0.15) is 19.3 Å². The van der Waals surface area contributed by atoms with Gasteiger partial charge in [0.15, 0.2) is 12.2 Å². The molecule has 0 aromatic carbocycles. The van der Waals surface area contributed by atoms with Crippen LogP contribution in [0.2, 0.25) is 0 Å². The van der Waals surface area contributed by atoms with Crippen molar-refractivity contribution < 1.29 is 80.2 Å². The molecular weight excluding hydrogens is 1190 g/mol. The SMILES string of the molecule is CCCCCCCCCCCC(=O)OC[C@H](COP(=O)(O)OC[C@H](O)COP(=O)(O)OC[C@@H](COC(=O)CCCCCCCCCCCCCCC(C)C)OC(=O)CCCCCCCCCCCCCCCCC(C)C)OC(=O)CCCCCCCCCCC. The summed E-state index contributed by atoms with van der Waals surface area (Å²) in [5.74, 6) is -0.547. The quantitative estimate of drug-likeness (QED) is 0.0222. The lowest BCUT2D eigenvalue weighted by atomic mass is 10.0. The van der Waals surface area contributed by atoms with Crippen LogP contribution in [0.3, 0.4) is 0 Å². The van der Waals surface area contributed by atoms with Gasteiger partial charge in [-0.25, -0.2) is 9.13 Å². The summed E-state index contributed by atoms with van der Waals surface area (Å²) in [6.07, 6.45) is 48.5. The van der Waals surface area contributed by atoms with E-state index in [1.165, 1.54) is 180 Å². The number of ether oxygens (including phenoxy) is 4. The molecule has 17 nitrogen and oxygen atoms in total. The Morgan fingerprint density at radius 3 is 0.756 bits per heavy atom. The number of hydrogen-bond donors (Lipinski definition) is 3. The number of phosphoric ester groups is 2. The van der Waals surface area contributed by atoms with E-state index in [4.69, 9.17) is 37.0 Å². The number of aliphatic hydroxyl groups excluding tert-OH is 1. The van der Waals surface area contributed by atoms with Crippen molar-refractivity contribution in [1.29, 1.82) is 0 Å². The highest BCUT2D eigenvalue weighted by molar-refractivity contribution is 7.47. The van der Waals surface area contributed by atoms with E-state index in [0.717, 1.165) is 102 Å². The van der Waals surface area contributed by atoms with Crippen LogP contribution in [0.5, 0.6) is 0 Å². The zero-order valence-electron chi connectivity index (χ0n) is 58.4. The van der Waals surface area contributed by atoms with Gasteiger partial charge >= 0.3 is 39.5 Å². The number of rotatable bonds is 70. The summed E-state index contributed by atoms with van der Waals surface area (Å²) in [7, 11) is -9.90. The minimum absolute atomic E-state index is 0.106. The third-order valence-electron chi connectivity index (χ3n) is 16.5. The molecule has 534 valence electrons. The Kier molecular flexibility index (Phi) is 61.8. The van der Waals surface area contributed by atoms with Crippen LogP contribution < -0.4 is 0 Å². The van der Waals surface area contributed by atoms with Crippen molar-refractivity contribution in [2.75, 3.05) is 39.6 Å². The van der Waals surface area contributed by atoms with E-state index >= 15 is 0 Å². The lowest BCUT2D eigenvalue weighted by Crippen LogP contribution is -2.30. The van der Waals surface area contributed by atoms with Crippen LogP contribution in [0.1, 0.15) is 363 Å². The lowest BCUT2D eigenvalue weighted by Gasteiger charge is -2.21. The van der Waals surface area contributed by atoms with Crippen LogP contribution in [0.25, 0.3) is 0 Å². The van der Waals surface area contributed by atoms with E-state index in [0.29, 0.717) is 25.7 Å². The second kappa shape index (κ2) is 63.1. The Balaban J connectivity index is 5.21. The van der Waals surface area contributed by atoms with E-state index < -0.39 is 97.5 Å². The van der Waals surface area contributed by atoms with Crippen LogP contribution in [0.15, 0.2) is 0 Å². The van der Waals surface area contributed by atoms with Gasteiger partial charge in [-0.3, -0.25) is 37.3 Å². The standard InChI is InChI=1S/C71H138O17P2/c1-7-9-11-13-15-27-35-41-47-53-68(73)81-59-66(87-70(75)55-49-43-37-28-16-14-12-10-8-2)61-85-89(77,78)83-57-65(72)58-84-90(79,80)86-62-67(60-82-69(74)54-48-42-36-31-25-22-21-24-30-34-40-46-52-64(5)6)88-71(76)56-50-44-38-32-26-20-18-17-19-23-29-33-39-45-51-63(3)4/h63-67,72H,7-62H2,1-6H3,(H,77,78)(H,79,80)/t65-,66+,67+/m0/s1. The van der Waals surface area contributed by atoms with Crippen LogP contribution in [-0.2, 0) is 65.4 Å². The number of esters is 4. The molecular formula is C71H138O17P2. The summed E-state index contributed by atoms with van der Waals surface area (Å²) in [5, 5.41) is 10.6. The first-order chi connectivity index (χ1) is 43.4. The summed E-state index contributed by atoms with van der Waals surface area (Å²) in [5.41, 5.74) is 0. The Morgan fingerprint density at radius 2 is 0.511 bits per heavy atom. The van der Waals surface area contributed by atoms with Crippen molar-refractivity contribution in [2.24, 2.45) is 11.8 Å². The molecule has 90 heavy (non-hydrogen) atoms. The van der Waals surface area contributed by atoms with E-state index in [9.17, 15) is 43.2 Å². The van der Waals surface area contributed by atoms with Crippen molar-refractivity contribution in [3.05, 3.63) is 0 Å². The fraction of sp³-hybridized carbons (Fsp3) is 0.944. The van der Waals surface area contributed by atoms with Gasteiger partial charge in [0, 0.05) is 25.7 Å². The minimum atomic E-state index is -4.95. The summed E-state index contributed by atoms with van der Waals surface area (Å²) in [6, 6.07) is 0. The Hall–Kier alpha value is -1.94. The van der Waals surface area contributed by atoms with E-state index in [1.54, 1.807) is 0 Å². The monoisotopic (exact) mass is 1320 g/mol. The zero-order chi connectivity index (χ0) is 66.5. The maximum atomic E-state index is 13.0. The average molecular weight is 1330 g/mol. The fourth-order valence-electron chi connectivity index (χ4n) is 10.8. The molecule has 0 aliphatic carbocycles. The van der Waals surface area contributed by atoms with Crippen molar-refractivity contribution in [3.8, 4) is 0 Å².